The average molecular weight is 512 g/mol. The van der Waals surface area contributed by atoms with E-state index in [0.29, 0.717) is 59.5 Å². The number of nitrogens with zero attached hydrogens (tertiary/aromatic N) is 4. The zero-order valence-electron chi connectivity index (χ0n) is 20.4. The summed E-state index contributed by atoms with van der Waals surface area (Å²) >= 11 is 1.24. The van der Waals surface area contributed by atoms with Crippen LogP contribution in [0.2, 0.25) is 0 Å². The van der Waals surface area contributed by atoms with Crippen LogP contribution < -0.4 is 26.4 Å². The van der Waals surface area contributed by atoms with E-state index in [2.05, 4.69) is 20.2 Å². The largest absolute Gasteiger partial charge is 0.475 e. The Hall–Kier alpha value is -3.06. The van der Waals surface area contributed by atoms with Gasteiger partial charge in [0.05, 0.1) is 42.2 Å². The van der Waals surface area contributed by atoms with Gasteiger partial charge < -0.3 is 35.9 Å². The lowest BCUT2D eigenvalue weighted by molar-refractivity contribution is -0.173. The highest BCUT2D eigenvalue weighted by Crippen LogP contribution is 2.39. The van der Waals surface area contributed by atoms with Crippen LogP contribution in [0.4, 0.5) is 11.5 Å². The second kappa shape index (κ2) is 8.23. The number of rotatable bonds is 3. The Morgan fingerprint density at radius 3 is 2.92 bits per heavy atom. The summed E-state index contributed by atoms with van der Waals surface area (Å²) in [6, 6.07) is 3.43. The first-order valence-corrected chi connectivity index (χ1v) is 12.7. The topological polar surface area (TPSA) is 151 Å². The SMILES string of the molecule is Cc1cnc2c(N)c(C(=O)NC3COc4nc(N5CC(N)C6(C5)OCC(C)(C)O6)ccc4C3)sc2n1. The van der Waals surface area contributed by atoms with E-state index in [1.807, 2.05) is 32.9 Å². The monoisotopic (exact) mass is 511 g/mol. The molecular weight excluding hydrogens is 482 g/mol. The molecule has 1 spiro atoms. The fourth-order valence-electron chi connectivity index (χ4n) is 4.98. The van der Waals surface area contributed by atoms with Crippen LogP contribution in [0.1, 0.15) is 34.8 Å². The fraction of sp³-hybridized carbons (Fsp3) is 0.500. The maximum Gasteiger partial charge on any atom is 0.263 e. The number of aromatic nitrogens is 3. The molecule has 0 radical (unpaired) electrons. The summed E-state index contributed by atoms with van der Waals surface area (Å²) in [7, 11) is 0. The summed E-state index contributed by atoms with van der Waals surface area (Å²) in [5.41, 5.74) is 14.8. The lowest BCUT2D eigenvalue weighted by atomic mass is 10.1. The van der Waals surface area contributed by atoms with Gasteiger partial charge in [0.15, 0.2) is 0 Å². The Morgan fingerprint density at radius 1 is 1.31 bits per heavy atom. The smallest absolute Gasteiger partial charge is 0.263 e. The summed E-state index contributed by atoms with van der Waals surface area (Å²) in [6.07, 6.45) is 2.24. The minimum absolute atomic E-state index is 0.212. The number of pyridine rings is 1. The van der Waals surface area contributed by atoms with Crippen molar-refractivity contribution in [2.24, 2.45) is 5.73 Å². The molecule has 0 saturated carbocycles. The zero-order chi connectivity index (χ0) is 25.2. The van der Waals surface area contributed by atoms with Crippen molar-refractivity contribution in [1.82, 2.24) is 20.3 Å². The molecule has 0 bridgehead atoms. The van der Waals surface area contributed by atoms with Crippen molar-refractivity contribution >= 4 is 39.1 Å². The Labute approximate surface area is 212 Å². The van der Waals surface area contributed by atoms with Gasteiger partial charge in [0.25, 0.3) is 5.91 Å². The highest BCUT2D eigenvalue weighted by molar-refractivity contribution is 7.21. The van der Waals surface area contributed by atoms with Gasteiger partial charge in [-0.3, -0.25) is 4.79 Å². The van der Waals surface area contributed by atoms with E-state index in [0.717, 1.165) is 17.1 Å². The van der Waals surface area contributed by atoms with Crippen LogP contribution in [0, 0.1) is 6.92 Å². The molecule has 6 rings (SSSR count). The Balaban J connectivity index is 1.14. The summed E-state index contributed by atoms with van der Waals surface area (Å²) in [6.45, 7) is 7.73. The van der Waals surface area contributed by atoms with Gasteiger partial charge in [-0.2, -0.15) is 4.98 Å². The number of ether oxygens (including phenoxy) is 3. The molecule has 6 heterocycles. The average Bonchev–Trinajstić information content (AvgIpc) is 3.45. The Kier molecular flexibility index (Phi) is 5.34. The molecule has 2 fully saturated rings. The maximum absolute atomic E-state index is 13.0. The number of aryl methyl sites for hydroxylation is 1. The molecule has 12 heteroatoms. The van der Waals surface area contributed by atoms with Crippen LogP contribution in [0.15, 0.2) is 18.3 Å². The van der Waals surface area contributed by atoms with Gasteiger partial charge in [0, 0.05) is 24.7 Å². The van der Waals surface area contributed by atoms with Crippen molar-refractivity contribution in [2.45, 2.75) is 50.7 Å². The molecule has 3 aliphatic rings. The van der Waals surface area contributed by atoms with Crippen LogP contribution in [0.25, 0.3) is 10.3 Å². The molecule has 190 valence electrons. The van der Waals surface area contributed by atoms with E-state index in [4.69, 9.17) is 30.7 Å². The third-order valence-corrected chi connectivity index (χ3v) is 7.83. The standard InChI is InChI=1S/C24H29N7O4S/c1-12-7-27-18-17(26)19(36-22(18)28-12)20(32)29-14-6-13-4-5-16(30-21(13)33-9-14)31-8-15(25)24(10-31)34-11-23(2,3)35-24/h4-5,7,14-15H,6,8-11,25-26H2,1-3H3,(H,29,32). The molecule has 3 atom stereocenters. The number of nitrogens with one attached hydrogen (secondary N) is 1. The molecule has 0 aliphatic carbocycles. The molecule has 0 aromatic carbocycles. The van der Waals surface area contributed by atoms with Crippen LogP contribution >= 0.6 is 11.3 Å². The van der Waals surface area contributed by atoms with Crippen molar-refractivity contribution in [1.29, 1.82) is 0 Å². The number of nitrogens with two attached hydrogens (primary N) is 2. The first-order valence-electron chi connectivity index (χ1n) is 11.9. The lowest BCUT2D eigenvalue weighted by Crippen LogP contribution is -2.49. The summed E-state index contributed by atoms with van der Waals surface area (Å²) in [5, 5.41) is 3.03. The predicted octanol–water partition coefficient (Wildman–Crippen LogP) is 1.38. The van der Waals surface area contributed by atoms with E-state index in [1.54, 1.807) is 6.20 Å². The minimum Gasteiger partial charge on any atom is -0.475 e. The fourth-order valence-corrected chi connectivity index (χ4v) is 5.99. The summed E-state index contributed by atoms with van der Waals surface area (Å²) in [4.78, 5) is 29.6. The molecule has 2 saturated heterocycles. The highest BCUT2D eigenvalue weighted by atomic mass is 32.1. The van der Waals surface area contributed by atoms with Gasteiger partial charge in [-0.1, -0.05) is 0 Å². The number of fused-ring (bicyclic) bond motifs is 2. The molecule has 1 amide bonds. The van der Waals surface area contributed by atoms with Gasteiger partial charge in [-0.25, -0.2) is 9.97 Å². The maximum atomic E-state index is 13.0. The quantitative estimate of drug-likeness (QED) is 0.470. The molecule has 3 unspecified atom stereocenters. The van der Waals surface area contributed by atoms with Crippen LogP contribution in [-0.4, -0.2) is 70.6 Å². The number of hydrogen-bond donors (Lipinski definition) is 3. The number of anilines is 2. The van der Waals surface area contributed by atoms with Crippen molar-refractivity contribution in [2.75, 3.05) is 36.9 Å². The summed E-state index contributed by atoms with van der Waals surface area (Å²) in [5.74, 6) is 0.239. The number of hydrogen-bond acceptors (Lipinski definition) is 11. The van der Waals surface area contributed by atoms with Gasteiger partial charge >= 0.3 is 0 Å². The molecule has 3 aromatic heterocycles. The zero-order valence-corrected chi connectivity index (χ0v) is 21.2. The molecule has 36 heavy (non-hydrogen) atoms. The van der Waals surface area contributed by atoms with E-state index >= 15 is 0 Å². The van der Waals surface area contributed by atoms with E-state index in [1.165, 1.54) is 11.3 Å². The minimum atomic E-state index is -0.824. The van der Waals surface area contributed by atoms with Crippen LogP contribution in [0.5, 0.6) is 5.88 Å². The lowest BCUT2D eigenvalue weighted by Gasteiger charge is -2.28. The molecule has 5 N–H and O–H groups in total. The van der Waals surface area contributed by atoms with Crippen molar-refractivity contribution in [3.05, 3.63) is 34.5 Å². The normalized spacial score (nSPS) is 26.8. The van der Waals surface area contributed by atoms with Gasteiger partial charge in [-0.15, -0.1) is 11.3 Å². The van der Waals surface area contributed by atoms with E-state index in [9.17, 15) is 4.79 Å². The van der Waals surface area contributed by atoms with Crippen molar-refractivity contribution < 1.29 is 19.0 Å². The van der Waals surface area contributed by atoms with Crippen molar-refractivity contribution in [3.8, 4) is 5.88 Å². The molecule has 3 aliphatic heterocycles. The molecule has 11 nitrogen and oxygen atoms in total. The van der Waals surface area contributed by atoms with E-state index < -0.39 is 5.79 Å². The molecular formula is C24H29N7O4S. The van der Waals surface area contributed by atoms with Gasteiger partial charge in [-0.05, 0) is 32.9 Å². The van der Waals surface area contributed by atoms with Gasteiger partial charge in [0.1, 0.15) is 27.6 Å². The second-order valence-electron chi connectivity index (χ2n) is 10.3. The number of thiophene rings is 1. The van der Waals surface area contributed by atoms with Crippen molar-refractivity contribution in [3.63, 3.8) is 0 Å². The number of carbonyl (C=O) groups excluding carboxylic acids is 1. The second-order valence-corrected chi connectivity index (χ2v) is 11.3. The number of nitrogen functional groups attached to an aromatic ring is 1. The Morgan fingerprint density at radius 2 is 2.14 bits per heavy atom. The molecule has 3 aromatic rings. The van der Waals surface area contributed by atoms with Gasteiger partial charge in [0.2, 0.25) is 11.7 Å². The third kappa shape index (κ3) is 3.94. The third-order valence-electron chi connectivity index (χ3n) is 6.74. The number of carbonyl (C=O) groups is 1. The predicted molar refractivity (Wildman–Crippen MR) is 135 cm³/mol. The summed E-state index contributed by atoms with van der Waals surface area (Å²) < 4.78 is 18.2. The van der Waals surface area contributed by atoms with Crippen LogP contribution in [0.3, 0.4) is 0 Å². The van der Waals surface area contributed by atoms with E-state index in [-0.39, 0.29) is 23.6 Å². The first-order chi connectivity index (χ1) is 17.1. The Bertz CT molecular complexity index is 1360. The number of amides is 1. The van der Waals surface area contributed by atoms with Crippen LogP contribution in [-0.2, 0) is 15.9 Å². The first kappa shape index (κ1) is 23.3. The highest BCUT2D eigenvalue weighted by Gasteiger charge is 2.55.